The minimum atomic E-state index is 0.558. The standard InChI is InChI=1S/C13H21NO/c1-3-13(14-9-10-15-2)11-12-7-5-4-6-8-12/h4-8,13-14H,3,9-11H2,1-2H3/t13-/m1/s1. The summed E-state index contributed by atoms with van der Waals surface area (Å²) >= 11 is 0. The average molecular weight is 207 g/mol. The van der Waals surface area contributed by atoms with E-state index in [-0.39, 0.29) is 0 Å². The van der Waals surface area contributed by atoms with Crippen LogP contribution in [0.1, 0.15) is 18.9 Å². The van der Waals surface area contributed by atoms with Crippen molar-refractivity contribution in [2.24, 2.45) is 0 Å². The van der Waals surface area contributed by atoms with Crippen LogP contribution in [0.25, 0.3) is 0 Å². The third-order valence-electron chi connectivity index (χ3n) is 2.56. The Kier molecular flexibility index (Phi) is 6.05. The van der Waals surface area contributed by atoms with Crippen molar-refractivity contribution in [3.05, 3.63) is 35.9 Å². The van der Waals surface area contributed by atoms with E-state index in [1.807, 2.05) is 0 Å². The third-order valence-corrected chi connectivity index (χ3v) is 2.56. The highest BCUT2D eigenvalue weighted by atomic mass is 16.5. The molecule has 1 N–H and O–H groups in total. The van der Waals surface area contributed by atoms with Gasteiger partial charge >= 0.3 is 0 Å². The first-order valence-corrected chi connectivity index (χ1v) is 5.63. The van der Waals surface area contributed by atoms with E-state index in [2.05, 4.69) is 42.6 Å². The number of nitrogens with one attached hydrogen (secondary N) is 1. The summed E-state index contributed by atoms with van der Waals surface area (Å²) in [5, 5.41) is 3.49. The minimum Gasteiger partial charge on any atom is -0.383 e. The van der Waals surface area contributed by atoms with E-state index in [0.717, 1.165) is 26.0 Å². The van der Waals surface area contributed by atoms with Gasteiger partial charge in [0.15, 0.2) is 0 Å². The molecule has 0 amide bonds. The quantitative estimate of drug-likeness (QED) is 0.692. The summed E-state index contributed by atoms with van der Waals surface area (Å²) < 4.78 is 5.02. The topological polar surface area (TPSA) is 21.3 Å². The van der Waals surface area contributed by atoms with Gasteiger partial charge in [0, 0.05) is 19.7 Å². The number of hydrogen-bond donors (Lipinski definition) is 1. The van der Waals surface area contributed by atoms with Crippen molar-refractivity contribution in [3.63, 3.8) is 0 Å². The molecule has 1 atom stereocenters. The third kappa shape index (κ3) is 4.96. The molecule has 0 saturated heterocycles. The highest BCUT2D eigenvalue weighted by Gasteiger charge is 2.05. The van der Waals surface area contributed by atoms with E-state index in [4.69, 9.17) is 4.74 Å². The van der Waals surface area contributed by atoms with Crippen LogP contribution in [0.5, 0.6) is 0 Å². The van der Waals surface area contributed by atoms with Gasteiger partial charge < -0.3 is 10.1 Å². The largest absolute Gasteiger partial charge is 0.383 e. The maximum Gasteiger partial charge on any atom is 0.0587 e. The SMILES string of the molecule is CC[C@H](Cc1ccccc1)NCCOC. The van der Waals surface area contributed by atoms with Crippen molar-refractivity contribution in [1.82, 2.24) is 5.32 Å². The Bertz CT molecular complexity index is 248. The molecule has 0 fully saturated rings. The summed E-state index contributed by atoms with van der Waals surface area (Å²) in [6.07, 6.45) is 2.25. The Labute approximate surface area is 92.6 Å². The van der Waals surface area contributed by atoms with E-state index in [1.54, 1.807) is 7.11 Å². The van der Waals surface area contributed by atoms with Gasteiger partial charge in [0.25, 0.3) is 0 Å². The van der Waals surface area contributed by atoms with Crippen molar-refractivity contribution in [2.75, 3.05) is 20.3 Å². The fraction of sp³-hybridized carbons (Fsp3) is 0.538. The van der Waals surface area contributed by atoms with Crippen LogP contribution in [-0.2, 0) is 11.2 Å². The summed E-state index contributed by atoms with van der Waals surface area (Å²) in [6.45, 7) is 3.93. The first kappa shape index (κ1) is 12.2. The normalized spacial score (nSPS) is 12.7. The highest BCUT2D eigenvalue weighted by molar-refractivity contribution is 5.15. The summed E-state index contributed by atoms with van der Waals surface area (Å²) in [5.74, 6) is 0. The van der Waals surface area contributed by atoms with Gasteiger partial charge in [-0.25, -0.2) is 0 Å². The molecule has 0 aliphatic carbocycles. The number of ether oxygens (including phenoxy) is 1. The number of methoxy groups -OCH3 is 1. The van der Waals surface area contributed by atoms with E-state index in [9.17, 15) is 0 Å². The van der Waals surface area contributed by atoms with Crippen LogP contribution in [0.4, 0.5) is 0 Å². The molecule has 0 bridgehead atoms. The fourth-order valence-corrected chi connectivity index (χ4v) is 1.62. The lowest BCUT2D eigenvalue weighted by molar-refractivity contribution is 0.195. The Morgan fingerprint density at radius 1 is 1.27 bits per heavy atom. The molecule has 0 spiro atoms. The lowest BCUT2D eigenvalue weighted by atomic mass is 10.0. The lowest BCUT2D eigenvalue weighted by Gasteiger charge is -2.16. The van der Waals surface area contributed by atoms with Gasteiger partial charge in [-0.3, -0.25) is 0 Å². The van der Waals surface area contributed by atoms with Gasteiger partial charge in [-0.1, -0.05) is 37.3 Å². The highest BCUT2D eigenvalue weighted by Crippen LogP contribution is 2.05. The summed E-state index contributed by atoms with van der Waals surface area (Å²) in [4.78, 5) is 0. The molecule has 1 rings (SSSR count). The van der Waals surface area contributed by atoms with Gasteiger partial charge in [-0.2, -0.15) is 0 Å². The van der Waals surface area contributed by atoms with Crippen LogP contribution in [-0.4, -0.2) is 26.3 Å². The van der Waals surface area contributed by atoms with Gasteiger partial charge in [-0.15, -0.1) is 0 Å². The predicted octanol–water partition coefficient (Wildman–Crippen LogP) is 2.24. The first-order chi connectivity index (χ1) is 7.36. The lowest BCUT2D eigenvalue weighted by Crippen LogP contribution is -2.33. The molecule has 1 aromatic rings. The monoisotopic (exact) mass is 207 g/mol. The molecule has 0 aliphatic rings. The molecule has 0 radical (unpaired) electrons. The molecule has 84 valence electrons. The Morgan fingerprint density at radius 3 is 2.60 bits per heavy atom. The van der Waals surface area contributed by atoms with E-state index >= 15 is 0 Å². The molecule has 0 saturated carbocycles. The van der Waals surface area contributed by atoms with E-state index in [0.29, 0.717) is 6.04 Å². The molecule has 0 aliphatic heterocycles. The summed E-state index contributed by atoms with van der Waals surface area (Å²) in [6, 6.07) is 11.2. The molecule has 2 heteroatoms. The smallest absolute Gasteiger partial charge is 0.0587 e. The predicted molar refractivity (Wildman–Crippen MR) is 64.1 cm³/mol. The zero-order valence-electron chi connectivity index (χ0n) is 9.70. The van der Waals surface area contributed by atoms with Crippen LogP contribution in [0.3, 0.4) is 0 Å². The van der Waals surface area contributed by atoms with Crippen LogP contribution in [0.2, 0.25) is 0 Å². The average Bonchev–Trinajstić information content (AvgIpc) is 2.29. The molecule has 0 heterocycles. The summed E-state index contributed by atoms with van der Waals surface area (Å²) in [7, 11) is 1.74. The minimum absolute atomic E-state index is 0.558. The molecular weight excluding hydrogens is 186 g/mol. The molecule has 1 aromatic carbocycles. The second-order valence-corrected chi connectivity index (χ2v) is 3.74. The Balaban J connectivity index is 2.33. The molecule has 0 aromatic heterocycles. The van der Waals surface area contributed by atoms with Gasteiger partial charge in [0.1, 0.15) is 0 Å². The van der Waals surface area contributed by atoms with Crippen molar-refractivity contribution >= 4 is 0 Å². The van der Waals surface area contributed by atoms with E-state index < -0.39 is 0 Å². The fourth-order valence-electron chi connectivity index (χ4n) is 1.62. The summed E-state index contributed by atoms with van der Waals surface area (Å²) in [5.41, 5.74) is 1.40. The van der Waals surface area contributed by atoms with Gasteiger partial charge in [0.05, 0.1) is 6.61 Å². The second-order valence-electron chi connectivity index (χ2n) is 3.74. The molecule has 0 unspecified atom stereocenters. The maximum absolute atomic E-state index is 5.02. The van der Waals surface area contributed by atoms with E-state index in [1.165, 1.54) is 5.56 Å². The Morgan fingerprint density at radius 2 is 2.00 bits per heavy atom. The number of benzene rings is 1. The van der Waals surface area contributed by atoms with Crippen molar-refractivity contribution < 1.29 is 4.74 Å². The van der Waals surface area contributed by atoms with Crippen LogP contribution >= 0.6 is 0 Å². The van der Waals surface area contributed by atoms with Gasteiger partial charge in [-0.05, 0) is 18.4 Å². The van der Waals surface area contributed by atoms with Crippen LogP contribution < -0.4 is 5.32 Å². The second kappa shape index (κ2) is 7.43. The number of hydrogen-bond acceptors (Lipinski definition) is 2. The van der Waals surface area contributed by atoms with Crippen molar-refractivity contribution in [2.45, 2.75) is 25.8 Å². The zero-order chi connectivity index (χ0) is 10.9. The maximum atomic E-state index is 5.02. The molecule has 15 heavy (non-hydrogen) atoms. The van der Waals surface area contributed by atoms with Crippen LogP contribution in [0.15, 0.2) is 30.3 Å². The first-order valence-electron chi connectivity index (χ1n) is 5.63. The molecular formula is C13H21NO. The van der Waals surface area contributed by atoms with Crippen LogP contribution in [0, 0.1) is 0 Å². The van der Waals surface area contributed by atoms with Gasteiger partial charge in [0.2, 0.25) is 0 Å². The zero-order valence-corrected chi connectivity index (χ0v) is 9.70. The molecule has 2 nitrogen and oxygen atoms in total. The van der Waals surface area contributed by atoms with Crippen molar-refractivity contribution in [1.29, 1.82) is 0 Å². The number of rotatable bonds is 7. The van der Waals surface area contributed by atoms with Crippen molar-refractivity contribution in [3.8, 4) is 0 Å². The Hall–Kier alpha value is -0.860.